The molecule has 4 aliphatic heterocycles. The Morgan fingerprint density at radius 3 is 2.54 bits per heavy atom. The van der Waals surface area contributed by atoms with Crippen LogP contribution in [0.15, 0.2) is 88.5 Å². The molecule has 0 radical (unpaired) electrons. The zero-order valence-corrected chi connectivity index (χ0v) is 20.8. The van der Waals surface area contributed by atoms with Gasteiger partial charge < -0.3 is 19.3 Å². The number of ether oxygens (including phenoxy) is 2. The quantitative estimate of drug-likeness (QED) is 0.417. The monoisotopic (exact) mass is 528 g/mol. The van der Waals surface area contributed by atoms with Crippen molar-refractivity contribution < 1.29 is 14.3 Å². The molecule has 0 saturated carbocycles. The van der Waals surface area contributed by atoms with Gasteiger partial charge in [-0.2, -0.15) is 0 Å². The van der Waals surface area contributed by atoms with E-state index in [1.807, 2.05) is 24.3 Å². The van der Waals surface area contributed by atoms with E-state index in [4.69, 9.17) is 9.47 Å². The number of hydrogen-bond donors (Lipinski definition) is 0. The number of halogens is 1. The Bertz CT molecular complexity index is 1340. The topological polar surface area (TPSA) is 42.0 Å². The molecule has 7 rings (SSSR count). The van der Waals surface area contributed by atoms with E-state index in [0.717, 1.165) is 40.9 Å². The van der Waals surface area contributed by atoms with Crippen molar-refractivity contribution in [3.05, 3.63) is 105 Å². The highest BCUT2D eigenvalue weighted by Gasteiger charge is 2.56. The normalized spacial score (nSPS) is 24.4. The second-order valence-electron chi connectivity index (χ2n) is 9.64. The van der Waals surface area contributed by atoms with Crippen LogP contribution in [0.1, 0.15) is 41.6 Å². The molecule has 3 unspecified atom stereocenters. The van der Waals surface area contributed by atoms with Crippen molar-refractivity contribution in [2.45, 2.75) is 31.5 Å². The van der Waals surface area contributed by atoms with Gasteiger partial charge in [0.1, 0.15) is 0 Å². The second-order valence-corrected chi connectivity index (χ2v) is 10.6. The lowest BCUT2D eigenvalue weighted by molar-refractivity contribution is -0.134. The number of hydrogen-bond acceptors (Lipinski definition) is 4. The second kappa shape index (κ2) is 8.16. The SMILES string of the molecule is O=C1C2C(=C3CCCN3C2c2ccc(Br)cc2)C(c2ccccc2)N1Cc1ccc2c(c1)OCO2. The third-order valence-corrected chi connectivity index (χ3v) is 8.28. The third-order valence-electron chi connectivity index (χ3n) is 7.75. The summed E-state index contributed by atoms with van der Waals surface area (Å²) in [6, 6.07) is 25.0. The molecule has 6 heteroatoms. The Balaban J connectivity index is 1.34. The molecular weight excluding hydrogens is 504 g/mol. The molecule has 0 spiro atoms. The summed E-state index contributed by atoms with van der Waals surface area (Å²) in [6.45, 7) is 1.79. The first-order valence-corrected chi connectivity index (χ1v) is 13.0. The average molecular weight is 529 g/mol. The Morgan fingerprint density at radius 2 is 1.71 bits per heavy atom. The van der Waals surface area contributed by atoms with Crippen molar-refractivity contribution in [3.8, 4) is 11.5 Å². The Hall–Kier alpha value is -3.25. The molecule has 3 aromatic carbocycles. The zero-order chi connectivity index (χ0) is 23.5. The van der Waals surface area contributed by atoms with Crippen LogP contribution in [0.5, 0.6) is 11.5 Å². The summed E-state index contributed by atoms with van der Waals surface area (Å²) >= 11 is 3.57. The first-order valence-electron chi connectivity index (χ1n) is 12.2. The zero-order valence-electron chi connectivity index (χ0n) is 19.2. The maximum atomic E-state index is 14.3. The molecule has 3 atom stereocenters. The molecule has 176 valence electrons. The maximum absolute atomic E-state index is 14.3. The summed E-state index contributed by atoms with van der Waals surface area (Å²) in [7, 11) is 0. The van der Waals surface area contributed by atoms with Gasteiger partial charge in [-0.05, 0) is 59.4 Å². The molecular formula is C29H25BrN2O3. The summed E-state index contributed by atoms with van der Waals surface area (Å²) in [5.74, 6) is 1.56. The molecule has 4 aliphatic rings. The van der Waals surface area contributed by atoms with E-state index in [0.29, 0.717) is 6.54 Å². The number of nitrogens with zero attached hydrogens (tertiary/aromatic N) is 2. The van der Waals surface area contributed by atoms with Crippen LogP contribution in [0, 0.1) is 5.92 Å². The van der Waals surface area contributed by atoms with E-state index in [-0.39, 0.29) is 30.7 Å². The van der Waals surface area contributed by atoms with Gasteiger partial charge in [0.15, 0.2) is 11.5 Å². The number of amides is 1. The number of allylic oxidation sites excluding steroid dienone is 1. The van der Waals surface area contributed by atoms with Crippen molar-refractivity contribution >= 4 is 21.8 Å². The van der Waals surface area contributed by atoms with E-state index < -0.39 is 0 Å². The molecule has 3 aromatic rings. The van der Waals surface area contributed by atoms with Crippen molar-refractivity contribution in [1.29, 1.82) is 0 Å². The van der Waals surface area contributed by atoms with Crippen molar-refractivity contribution in [3.63, 3.8) is 0 Å². The van der Waals surface area contributed by atoms with Gasteiger partial charge in [-0.25, -0.2) is 0 Å². The van der Waals surface area contributed by atoms with Crippen LogP contribution in [0.25, 0.3) is 0 Å². The minimum atomic E-state index is -0.161. The Kier molecular flexibility index (Phi) is 4.91. The van der Waals surface area contributed by atoms with Gasteiger partial charge >= 0.3 is 0 Å². The highest BCUT2D eigenvalue weighted by molar-refractivity contribution is 9.10. The highest BCUT2D eigenvalue weighted by Crippen LogP contribution is 2.58. The van der Waals surface area contributed by atoms with Gasteiger partial charge in [-0.15, -0.1) is 0 Å². The number of fused-ring (bicyclic) bond motifs is 3. The fraction of sp³-hybridized carbons (Fsp3) is 0.276. The number of carbonyl (C=O) groups excluding carboxylic acids is 1. The van der Waals surface area contributed by atoms with Crippen LogP contribution < -0.4 is 9.47 Å². The lowest BCUT2D eigenvalue weighted by Gasteiger charge is -2.31. The number of rotatable bonds is 4. The first kappa shape index (κ1) is 21.1. The fourth-order valence-corrected chi connectivity index (χ4v) is 6.61. The lowest BCUT2D eigenvalue weighted by Crippen LogP contribution is -2.34. The number of likely N-dealkylation sites (tertiary alicyclic amines) is 1. The lowest BCUT2D eigenvalue weighted by atomic mass is 9.86. The van der Waals surface area contributed by atoms with Crippen LogP contribution in [-0.2, 0) is 11.3 Å². The average Bonchev–Trinajstić information content (AvgIpc) is 3.64. The van der Waals surface area contributed by atoms with Gasteiger partial charge in [-0.1, -0.05) is 64.5 Å². The van der Waals surface area contributed by atoms with Crippen LogP contribution in [0.3, 0.4) is 0 Å². The molecule has 5 nitrogen and oxygen atoms in total. The van der Waals surface area contributed by atoms with E-state index >= 15 is 0 Å². The molecule has 2 fully saturated rings. The maximum Gasteiger partial charge on any atom is 0.233 e. The van der Waals surface area contributed by atoms with Crippen molar-refractivity contribution in [2.75, 3.05) is 13.3 Å². The molecule has 2 saturated heterocycles. The van der Waals surface area contributed by atoms with Gasteiger partial charge in [-0.3, -0.25) is 4.79 Å². The number of benzene rings is 3. The van der Waals surface area contributed by atoms with Crippen LogP contribution >= 0.6 is 15.9 Å². The van der Waals surface area contributed by atoms with Crippen molar-refractivity contribution in [2.24, 2.45) is 5.92 Å². The Labute approximate surface area is 213 Å². The summed E-state index contributed by atoms with van der Waals surface area (Å²) < 4.78 is 12.2. The third kappa shape index (κ3) is 3.30. The number of carbonyl (C=O) groups is 1. The standard InChI is InChI=1S/C29H25BrN2O3/c30-21-11-9-20(10-12-21)28-26-25(22-7-4-14-31(22)28)27(19-5-2-1-3-6-19)32(29(26)33)16-18-8-13-23-24(15-18)35-17-34-23/h1-3,5-6,8-13,15,26-28H,4,7,14,16-17H2. The molecule has 35 heavy (non-hydrogen) atoms. The minimum Gasteiger partial charge on any atom is -0.454 e. The summed E-state index contributed by atoms with van der Waals surface area (Å²) in [4.78, 5) is 18.9. The van der Waals surface area contributed by atoms with Gasteiger partial charge in [0, 0.05) is 23.3 Å². The predicted molar refractivity (Wildman–Crippen MR) is 136 cm³/mol. The van der Waals surface area contributed by atoms with Crippen LogP contribution in [0.4, 0.5) is 0 Å². The van der Waals surface area contributed by atoms with Gasteiger partial charge in [0.05, 0.1) is 18.0 Å². The molecule has 0 N–H and O–H groups in total. The van der Waals surface area contributed by atoms with Crippen LogP contribution in [-0.4, -0.2) is 29.0 Å². The van der Waals surface area contributed by atoms with Crippen molar-refractivity contribution in [1.82, 2.24) is 9.80 Å². The molecule has 0 bridgehead atoms. The van der Waals surface area contributed by atoms with E-state index in [2.05, 4.69) is 74.3 Å². The van der Waals surface area contributed by atoms with E-state index in [1.54, 1.807) is 0 Å². The smallest absolute Gasteiger partial charge is 0.233 e. The summed E-state index contributed by atoms with van der Waals surface area (Å²) in [6.07, 6.45) is 2.17. The van der Waals surface area contributed by atoms with Crippen LogP contribution in [0.2, 0.25) is 0 Å². The predicted octanol–water partition coefficient (Wildman–Crippen LogP) is 5.98. The van der Waals surface area contributed by atoms with Gasteiger partial charge in [0.2, 0.25) is 12.7 Å². The molecule has 1 amide bonds. The summed E-state index contributed by atoms with van der Waals surface area (Å²) in [5, 5.41) is 0. The molecule has 4 heterocycles. The summed E-state index contributed by atoms with van der Waals surface area (Å²) in [5.41, 5.74) is 6.11. The first-order chi connectivity index (χ1) is 17.2. The Morgan fingerprint density at radius 1 is 0.914 bits per heavy atom. The molecule has 0 aromatic heterocycles. The minimum absolute atomic E-state index is 0.0519. The molecule has 0 aliphatic carbocycles. The van der Waals surface area contributed by atoms with Gasteiger partial charge in [0.25, 0.3) is 0 Å². The fourth-order valence-electron chi connectivity index (χ4n) is 6.34. The van der Waals surface area contributed by atoms with E-state index in [1.165, 1.54) is 22.4 Å². The largest absolute Gasteiger partial charge is 0.454 e. The van der Waals surface area contributed by atoms with E-state index in [9.17, 15) is 4.79 Å². The highest BCUT2D eigenvalue weighted by atomic mass is 79.9.